The van der Waals surface area contributed by atoms with Gasteiger partial charge in [0.05, 0.1) is 18.1 Å². The number of alkyl halides is 3. The number of nitrogens with zero attached hydrogens (tertiary/aromatic N) is 5. The number of fused-ring (bicyclic) bond motifs is 1. The van der Waals surface area contributed by atoms with Gasteiger partial charge in [0.25, 0.3) is 5.91 Å². The highest BCUT2D eigenvalue weighted by Gasteiger charge is 2.31. The van der Waals surface area contributed by atoms with Crippen LogP contribution >= 0.6 is 0 Å². The number of carbonyl (C=O) groups excluding carboxylic acids is 2. The molecule has 1 aliphatic heterocycles. The highest BCUT2D eigenvalue weighted by atomic mass is 19.4. The summed E-state index contributed by atoms with van der Waals surface area (Å²) in [6.45, 7) is 1.16. The van der Waals surface area contributed by atoms with E-state index >= 15 is 0 Å². The molecule has 0 bridgehead atoms. The molecule has 0 aliphatic carbocycles. The average Bonchev–Trinajstić information content (AvgIpc) is 3.37. The number of halogens is 3. The van der Waals surface area contributed by atoms with Crippen molar-refractivity contribution < 1.29 is 27.9 Å². The van der Waals surface area contributed by atoms with Gasteiger partial charge in [-0.2, -0.15) is 13.2 Å². The fraction of sp³-hybridized carbons (Fsp3) is 0.296. The van der Waals surface area contributed by atoms with Gasteiger partial charge in [-0.15, -0.1) is 0 Å². The number of benzene rings is 1. The Hall–Kier alpha value is -4.72. The summed E-state index contributed by atoms with van der Waals surface area (Å²) in [5.41, 5.74) is 7.24. The van der Waals surface area contributed by atoms with Crippen LogP contribution in [0.15, 0.2) is 55.0 Å². The summed E-state index contributed by atoms with van der Waals surface area (Å²) in [7, 11) is 0. The Morgan fingerprint density at radius 1 is 1.12 bits per heavy atom. The number of anilines is 3. The van der Waals surface area contributed by atoms with Crippen LogP contribution in [0.5, 0.6) is 0 Å². The quantitative estimate of drug-likeness (QED) is 0.266. The van der Waals surface area contributed by atoms with Crippen LogP contribution < -0.4 is 21.3 Å². The molecule has 5 N–H and O–H groups in total. The molecule has 1 aromatic carbocycles. The van der Waals surface area contributed by atoms with Crippen molar-refractivity contribution in [2.24, 2.45) is 5.92 Å². The summed E-state index contributed by atoms with van der Waals surface area (Å²) in [4.78, 5) is 40.1. The number of aliphatic hydroxyl groups excluding tert-OH is 1. The number of hydrogen-bond donors (Lipinski definition) is 4. The second-order valence-electron chi connectivity index (χ2n) is 9.55. The summed E-state index contributed by atoms with van der Waals surface area (Å²) in [6.07, 6.45) is 1.19. The molecule has 4 aromatic rings. The predicted octanol–water partition coefficient (Wildman–Crippen LogP) is 2.97. The molecule has 11 nitrogen and oxygen atoms in total. The fourth-order valence-corrected chi connectivity index (χ4v) is 4.81. The highest BCUT2D eigenvalue weighted by Crippen LogP contribution is 2.33. The number of nitrogen functional groups attached to an aromatic ring is 1. The van der Waals surface area contributed by atoms with E-state index in [0.29, 0.717) is 42.2 Å². The predicted molar refractivity (Wildman–Crippen MR) is 145 cm³/mol. The molecule has 1 saturated heterocycles. The zero-order chi connectivity index (χ0) is 29.1. The number of pyridine rings is 1. The van der Waals surface area contributed by atoms with Crippen LogP contribution in [0.25, 0.3) is 16.8 Å². The van der Waals surface area contributed by atoms with Crippen LogP contribution in [0.4, 0.5) is 30.8 Å². The number of aliphatic hydroxyl groups is 1. The first-order valence-electron chi connectivity index (χ1n) is 12.9. The Labute approximate surface area is 232 Å². The van der Waals surface area contributed by atoms with Gasteiger partial charge in [0.1, 0.15) is 22.8 Å². The molecular weight excluding hydrogens is 541 g/mol. The van der Waals surface area contributed by atoms with Gasteiger partial charge in [-0.3, -0.25) is 14.0 Å². The lowest BCUT2D eigenvalue weighted by Gasteiger charge is -2.32. The Balaban J connectivity index is 1.40. The normalized spacial score (nSPS) is 15.6. The van der Waals surface area contributed by atoms with Gasteiger partial charge in [0.2, 0.25) is 11.9 Å². The number of aromatic nitrogens is 4. The molecular formula is C27H27F3N8O3. The Morgan fingerprint density at radius 3 is 2.63 bits per heavy atom. The lowest BCUT2D eigenvalue weighted by Crippen LogP contribution is -2.44. The summed E-state index contributed by atoms with van der Waals surface area (Å²) < 4.78 is 40.8. The van der Waals surface area contributed by atoms with E-state index in [4.69, 9.17) is 15.8 Å². The number of imidazole rings is 1. The van der Waals surface area contributed by atoms with E-state index in [0.717, 1.165) is 24.8 Å². The molecule has 214 valence electrons. The minimum atomic E-state index is -4.56. The van der Waals surface area contributed by atoms with Crippen molar-refractivity contribution in [3.8, 4) is 11.3 Å². The van der Waals surface area contributed by atoms with E-state index in [9.17, 15) is 22.8 Å². The topological polar surface area (TPSA) is 151 Å². The van der Waals surface area contributed by atoms with Crippen molar-refractivity contribution in [3.63, 3.8) is 0 Å². The number of hydrogen-bond acceptors (Lipinski definition) is 8. The Bertz CT molecular complexity index is 1570. The summed E-state index contributed by atoms with van der Waals surface area (Å²) in [5.74, 6) is -0.412. The molecule has 14 heteroatoms. The molecule has 1 unspecified atom stereocenters. The molecule has 1 fully saturated rings. The Morgan fingerprint density at radius 2 is 1.90 bits per heavy atom. The summed E-state index contributed by atoms with van der Waals surface area (Å²) >= 11 is 0. The average molecular weight is 569 g/mol. The van der Waals surface area contributed by atoms with Crippen molar-refractivity contribution >= 4 is 34.9 Å². The van der Waals surface area contributed by atoms with Gasteiger partial charge in [-0.1, -0.05) is 12.1 Å². The lowest BCUT2D eigenvalue weighted by atomic mass is 9.97. The van der Waals surface area contributed by atoms with Gasteiger partial charge in [0, 0.05) is 49.4 Å². The smallest absolute Gasteiger partial charge is 0.395 e. The van der Waals surface area contributed by atoms with Crippen LogP contribution in [0, 0.1) is 5.92 Å². The van der Waals surface area contributed by atoms with Gasteiger partial charge in [-0.05, 0) is 37.1 Å². The van der Waals surface area contributed by atoms with Crippen LogP contribution in [0.2, 0.25) is 0 Å². The molecule has 0 spiro atoms. The minimum absolute atomic E-state index is 0.125. The number of carbonyl (C=O) groups is 2. The number of amides is 2. The zero-order valence-corrected chi connectivity index (χ0v) is 21.7. The van der Waals surface area contributed by atoms with Crippen LogP contribution in [0.3, 0.4) is 0 Å². The van der Waals surface area contributed by atoms with Crippen molar-refractivity contribution in [2.45, 2.75) is 19.0 Å². The van der Waals surface area contributed by atoms with Crippen molar-refractivity contribution in [2.75, 3.05) is 42.2 Å². The zero-order valence-electron chi connectivity index (χ0n) is 21.7. The second kappa shape index (κ2) is 11.4. The number of piperidine rings is 1. The molecule has 2 amide bonds. The van der Waals surface area contributed by atoms with Gasteiger partial charge < -0.3 is 26.4 Å². The van der Waals surface area contributed by atoms with E-state index in [2.05, 4.69) is 20.6 Å². The third-order valence-electron chi connectivity index (χ3n) is 6.80. The third kappa shape index (κ3) is 5.91. The SMILES string of the molecule is Nc1nccn2c(N3CCCC(C(=O)NCCO)C3)nc(-c3ccc(C(=O)Nc4cc(C(F)(F)F)ccn4)cc3)c12. The first-order chi connectivity index (χ1) is 19.7. The third-order valence-corrected chi connectivity index (χ3v) is 6.80. The maximum Gasteiger partial charge on any atom is 0.416 e. The first kappa shape index (κ1) is 27.8. The highest BCUT2D eigenvalue weighted by molar-refractivity contribution is 6.04. The van der Waals surface area contributed by atoms with Crippen molar-refractivity contribution in [3.05, 3.63) is 66.1 Å². The minimum Gasteiger partial charge on any atom is -0.395 e. The van der Waals surface area contributed by atoms with E-state index in [-0.39, 0.29) is 42.2 Å². The van der Waals surface area contributed by atoms with E-state index in [1.54, 1.807) is 24.5 Å². The van der Waals surface area contributed by atoms with Crippen LogP contribution in [0.1, 0.15) is 28.8 Å². The number of nitrogens with one attached hydrogen (secondary N) is 2. The fourth-order valence-electron chi connectivity index (χ4n) is 4.81. The molecule has 0 saturated carbocycles. The molecule has 1 atom stereocenters. The van der Waals surface area contributed by atoms with Gasteiger partial charge in [-0.25, -0.2) is 15.0 Å². The second-order valence-corrected chi connectivity index (χ2v) is 9.55. The maximum atomic E-state index is 13.0. The lowest BCUT2D eigenvalue weighted by molar-refractivity contribution is -0.137. The number of nitrogens with two attached hydrogens (primary N) is 1. The largest absolute Gasteiger partial charge is 0.416 e. The maximum absolute atomic E-state index is 13.0. The molecule has 1 aliphatic rings. The van der Waals surface area contributed by atoms with Crippen LogP contribution in [-0.2, 0) is 11.0 Å². The van der Waals surface area contributed by atoms with Crippen molar-refractivity contribution in [1.82, 2.24) is 24.7 Å². The standard InChI is InChI=1S/C27H27F3N8O3/c28-27(29,30)19-7-8-32-20(14-19)35-25(41)17-5-3-16(4-6-17)21-22-23(31)33-9-12-38(22)26(36-21)37-11-1-2-18(15-37)24(40)34-10-13-39/h3-9,12,14,18,39H,1-2,10-11,13,15H2,(H2,31,33)(H,34,40)(H,32,35,41). The summed E-state index contributed by atoms with van der Waals surface area (Å²) in [6, 6.07) is 7.96. The van der Waals surface area contributed by atoms with E-state index in [1.807, 2.05) is 9.30 Å². The number of rotatable bonds is 7. The summed E-state index contributed by atoms with van der Waals surface area (Å²) in [5, 5.41) is 14.2. The molecule has 4 heterocycles. The van der Waals surface area contributed by atoms with Gasteiger partial charge in [0.15, 0.2) is 0 Å². The van der Waals surface area contributed by atoms with E-state index in [1.165, 1.54) is 12.1 Å². The molecule has 0 radical (unpaired) electrons. The molecule has 5 rings (SSSR count). The molecule has 3 aromatic heterocycles. The molecule has 41 heavy (non-hydrogen) atoms. The van der Waals surface area contributed by atoms with Crippen LogP contribution in [-0.4, -0.2) is 62.5 Å². The van der Waals surface area contributed by atoms with Crippen molar-refractivity contribution in [1.29, 1.82) is 0 Å². The van der Waals surface area contributed by atoms with E-state index < -0.39 is 17.6 Å². The van der Waals surface area contributed by atoms with Gasteiger partial charge >= 0.3 is 6.18 Å². The Kier molecular flexibility index (Phi) is 7.75. The monoisotopic (exact) mass is 568 g/mol. The first-order valence-corrected chi connectivity index (χ1v) is 12.9.